The summed E-state index contributed by atoms with van der Waals surface area (Å²) in [6.07, 6.45) is -54.8. The zero-order chi connectivity index (χ0) is 57.3. The fourth-order valence-corrected chi connectivity index (χ4v) is 10.1. The number of benzene rings is 6. The quantitative estimate of drug-likeness (QED) is 0.0557. The molecule has 0 N–H and O–H groups in total. The van der Waals surface area contributed by atoms with Gasteiger partial charge in [-0.2, -0.15) is 127 Å². The second kappa shape index (κ2) is 22.3. The monoisotopic (exact) mass is 1230 g/mol. The van der Waals surface area contributed by atoms with Crippen LogP contribution in [0.1, 0.15) is 51.4 Å². The lowest BCUT2D eigenvalue weighted by molar-refractivity contribution is -0.598. The fraction of sp³-hybridized carbons (Fsp3) is 0.250. The lowest BCUT2D eigenvalue weighted by Crippen LogP contribution is -3.61. The molecule has 0 aliphatic rings. The molecule has 0 aliphatic carbocycles. The van der Waals surface area contributed by atoms with Crippen LogP contribution in [0, 0.1) is 7.14 Å². The molecule has 0 bridgehead atoms. The summed E-state index contributed by atoms with van der Waals surface area (Å²) in [5.74, 6) is 0.999. The SMILES string of the molecule is CCOCCOc1ccccc1[I+]c1ccccc1.FC(F)(F)c1cc([B-](c2cc(C(F)(F)F)cc(C(F)(F)F)c2)(c2cc(C(F)(F)F)cc(C(F)(F)F)c2)c2cc(C(F)(F)F)cc(C(F)(F)F)c2)cc(C(F)(F)F)c1. The highest BCUT2D eigenvalue weighted by molar-refractivity contribution is 7.20. The minimum atomic E-state index is -6.13. The molecule has 0 spiro atoms. The minimum absolute atomic E-state index is 0.185. The molecule has 28 heteroatoms. The molecule has 0 aliphatic heterocycles. The molecule has 0 fully saturated rings. The van der Waals surface area contributed by atoms with Crippen LogP contribution in [0.25, 0.3) is 0 Å². The van der Waals surface area contributed by atoms with E-state index in [2.05, 4.69) is 42.5 Å². The van der Waals surface area contributed by atoms with Gasteiger partial charge in [0.25, 0.3) is 0 Å². The van der Waals surface area contributed by atoms with Crippen molar-refractivity contribution in [2.75, 3.05) is 19.8 Å². The van der Waals surface area contributed by atoms with Gasteiger partial charge in [-0.05, 0) is 55.5 Å². The Kier molecular flexibility index (Phi) is 17.9. The van der Waals surface area contributed by atoms with Gasteiger partial charge in [-0.3, -0.25) is 0 Å². The third kappa shape index (κ3) is 15.0. The van der Waals surface area contributed by atoms with E-state index in [4.69, 9.17) is 9.47 Å². The second-order valence-corrected chi connectivity index (χ2v) is 19.0. The van der Waals surface area contributed by atoms with E-state index < -0.39 is 195 Å². The topological polar surface area (TPSA) is 18.5 Å². The molecular weight excluding hydrogens is 1200 g/mol. The third-order valence-electron chi connectivity index (χ3n) is 10.9. The van der Waals surface area contributed by atoms with E-state index in [1.807, 2.05) is 19.1 Å². The number of hydrogen-bond donors (Lipinski definition) is 0. The van der Waals surface area contributed by atoms with E-state index in [0.717, 1.165) is 12.4 Å². The Balaban J connectivity index is 0.000000468. The summed E-state index contributed by atoms with van der Waals surface area (Å²) in [6, 6.07) is 10.1. The van der Waals surface area contributed by atoms with Crippen LogP contribution in [-0.4, -0.2) is 26.0 Å². The van der Waals surface area contributed by atoms with E-state index >= 15 is 0 Å². The van der Waals surface area contributed by atoms with E-state index in [9.17, 15) is 105 Å². The first-order valence-corrected chi connectivity index (χ1v) is 23.2. The average Bonchev–Trinajstić information content (AvgIpc) is 3.29. The van der Waals surface area contributed by atoms with Gasteiger partial charge in [0.1, 0.15) is 12.8 Å². The number of halogens is 25. The molecule has 6 aromatic rings. The lowest BCUT2D eigenvalue weighted by Gasteiger charge is -2.46. The summed E-state index contributed by atoms with van der Waals surface area (Å²) in [4.78, 5) is 0. The fourth-order valence-electron chi connectivity index (χ4n) is 7.66. The number of rotatable bonds is 11. The third-order valence-corrected chi connectivity index (χ3v) is 13.7. The van der Waals surface area contributed by atoms with Crippen LogP contribution in [0.3, 0.4) is 0 Å². The maximum Gasteiger partial charge on any atom is 0.416 e. The summed E-state index contributed by atoms with van der Waals surface area (Å²) in [7, 11) is 0. The van der Waals surface area contributed by atoms with Crippen LogP contribution >= 0.6 is 0 Å². The van der Waals surface area contributed by atoms with E-state index in [-0.39, 0.29) is 21.2 Å². The Bertz CT molecular complexity index is 2510. The standard InChI is InChI=1S/C32H12BF24.C16H18IO2/c34-25(35,36)13-1-14(26(37,38)39)6-21(5-13)33(22-7-15(27(40,41)42)2-16(8-22)28(43,44)45,23-9-17(29(46,47)48)3-18(10-23)30(49,50)51)24-11-19(31(52,53)54)4-20(12-24)32(55,56)57;1-2-18-12-13-19-16-11-7-6-10-15(16)17-14-8-4-3-5-9-14/h1-12H;3-11H,2,12-13H2,1H3/q-1;+1. The second-order valence-electron chi connectivity index (χ2n) is 16.1. The van der Waals surface area contributed by atoms with Crippen molar-refractivity contribution in [2.24, 2.45) is 0 Å². The van der Waals surface area contributed by atoms with Gasteiger partial charge >= 0.3 is 70.6 Å². The van der Waals surface area contributed by atoms with Gasteiger partial charge in [0.2, 0.25) is 3.57 Å². The van der Waals surface area contributed by atoms with Crippen molar-refractivity contribution in [1.82, 2.24) is 0 Å². The molecule has 0 radical (unpaired) electrons. The van der Waals surface area contributed by atoms with Gasteiger partial charge in [-0.25, -0.2) is 0 Å². The van der Waals surface area contributed by atoms with Crippen LogP contribution < -0.4 is 47.8 Å². The van der Waals surface area contributed by atoms with Crippen LogP contribution in [0.4, 0.5) is 105 Å². The predicted octanol–water partition coefficient (Wildman–Crippen LogP) is 11.4. The molecule has 412 valence electrons. The van der Waals surface area contributed by atoms with Crippen molar-refractivity contribution >= 4 is 28.0 Å². The first-order chi connectivity index (χ1) is 34.7. The Morgan fingerprint density at radius 1 is 0.342 bits per heavy atom. The normalized spacial score (nSPS) is 13.3. The van der Waals surface area contributed by atoms with Crippen molar-refractivity contribution < 1.29 is 136 Å². The number of hydrogen-bond acceptors (Lipinski definition) is 2. The number of para-hydroxylation sites is 1. The zero-order valence-electron chi connectivity index (χ0n) is 37.6. The first-order valence-electron chi connectivity index (χ1n) is 21.0. The largest absolute Gasteiger partial charge is 0.486 e. The molecule has 0 saturated carbocycles. The summed E-state index contributed by atoms with van der Waals surface area (Å²) >= 11 is -0.185. The molecule has 6 rings (SSSR count). The van der Waals surface area contributed by atoms with Gasteiger partial charge in [-0.15, -0.1) is 0 Å². The van der Waals surface area contributed by atoms with Crippen LogP contribution in [-0.2, 0) is 54.1 Å². The summed E-state index contributed by atoms with van der Waals surface area (Å²) < 4.78 is 355. The molecule has 76 heavy (non-hydrogen) atoms. The van der Waals surface area contributed by atoms with Gasteiger partial charge in [0, 0.05) is 6.61 Å². The smallest absolute Gasteiger partial charge is 0.416 e. The molecule has 6 aromatic carbocycles. The maximum absolute atomic E-state index is 14.2. The van der Waals surface area contributed by atoms with Crippen LogP contribution in [0.5, 0.6) is 5.75 Å². The van der Waals surface area contributed by atoms with Crippen molar-refractivity contribution in [3.8, 4) is 5.75 Å². The highest BCUT2D eigenvalue weighted by Gasteiger charge is 2.47. The summed E-state index contributed by atoms with van der Waals surface area (Å²) in [5, 5.41) is 0. The average molecular weight is 1230 g/mol. The van der Waals surface area contributed by atoms with Gasteiger partial charge < -0.3 is 9.47 Å². The van der Waals surface area contributed by atoms with Crippen molar-refractivity contribution in [3.63, 3.8) is 0 Å². The van der Waals surface area contributed by atoms with E-state index in [1.165, 1.54) is 7.14 Å². The molecule has 0 unspecified atom stereocenters. The Morgan fingerprint density at radius 2 is 0.605 bits per heavy atom. The highest BCUT2D eigenvalue weighted by Crippen LogP contribution is 2.41. The molecule has 0 aromatic heterocycles. The van der Waals surface area contributed by atoms with Gasteiger partial charge in [-0.1, -0.05) is 78.9 Å². The van der Waals surface area contributed by atoms with E-state index in [0.29, 0.717) is 13.2 Å². The highest BCUT2D eigenvalue weighted by atomic mass is 127. The van der Waals surface area contributed by atoms with Crippen molar-refractivity contribution in [2.45, 2.75) is 56.3 Å². The molecule has 2 nitrogen and oxygen atoms in total. The molecule has 0 heterocycles. The maximum atomic E-state index is 14.2. The molecule has 0 saturated heterocycles. The first kappa shape index (κ1) is 61.1. The Labute approximate surface area is 423 Å². The van der Waals surface area contributed by atoms with Crippen LogP contribution in [0.2, 0.25) is 0 Å². The predicted molar refractivity (Wildman–Crippen MR) is 222 cm³/mol. The molecule has 0 atom stereocenters. The Morgan fingerprint density at radius 3 is 0.868 bits per heavy atom. The van der Waals surface area contributed by atoms with Gasteiger partial charge in [0.15, 0.2) is 9.32 Å². The van der Waals surface area contributed by atoms with Crippen LogP contribution in [0.15, 0.2) is 127 Å². The number of alkyl halides is 24. The van der Waals surface area contributed by atoms with E-state index in [1.54, 1.807) is 0 Å². The molecule has 0 amide bonds. The number of ether oxygens (including phenoxy) is 2. The summed E-state index contributed by atoms with van der Waals surface area (Å²) in [5.41, 5.74) is -30.2. The van der Waals surface area contributed by atoms with Crippen molar-refractivity contribution in [1.29, 1.82) is 0 Å². The van der Waals surface area contributed by atoms with Crippen molar-refractivity contribution in [3.05, 3.63) is 179 Å². The van der Waals surface area contributed by atoms with Gasteiger partial charge in [0.05, 0.1) is 51.1 Å². The minimum Gasteiger partial charge on any atom is -0.486 e. The Hall–Kier alpha value is -5.81. The lowest BCUT2D eigenvalue weighted by atomic mass is 9.12. The molecular formula is C48H30BF24IO2. The summed E-state index contributed by atoms with van der Waals surface area (Å²) in [6.45, 7) is 3.99. The zero-order valence-corrected chi connectivity index (χ0v) is 39.7.